The number of rotatable bonds is 7. The van der Waals surface area contributed by atoms with Crippen LogP contribution >= 0.6 is 0 Å². The largest absolute Gasteiger partial charge is 0.389 e. The molecule has 0 unspecified atom stereocenters. The van der Waals surface area contributed by atoms with Crippen molar-refractivity contribution in [2.45, 2.75) is 19.5 Å². The van der Waals surface area contributed by atoms with E-state index in [2.05, 4.69) is 15.5 Å². The van der Waals surface area contributed by atoms with Crippen LogP contribution in [-0.4, -0.2) is 30.4 Å². The molecule has 0 aliphatic rings. The average molecular weight is 358 g/mol. The Bertz CT molecular complexity index is 918. The molecule has 3 aromatic rings. The van der Waals surface area contributed by atoms with Crippen LogP contribution in [0.5, 0.6) is 0 Å². The van der Waals surface area contributed by atoms with Gasteiger partial charge in [-0.25, -0.2) is 4.39 Å². The second-order valence-electron chi connectivity index (χ2n) is 5.55. The average Bonchev–Trinajstić information content (AvgIpc) is 3.25. The number of benzene rings is 1. The number of halogens is 1. The van der Waals surface area contributed by atoms with E-state index in [1.807, 2.05) is 0 Å². The van der Waals surface area contributed by atoms with Gasteiger partial charge in [-0.2, -0.15) is 9.78 Å². The molecule has 10 heteroatoms. The summed E-state index contributed by atoms with van der Waals surface area (Å²) < 4.78 is 15.9. The molecule has 1 N–H and O–H groups in total. The SMILES string of the molecule is O=C(CCn1ccc([N+](=O)[O-])n1)Nc1cnn(Cc2ccc(F)cc2)c1. The number of carbonyl (C=O) groups is 1. The number of anilines is 1. The third-order valence-electron chi connectivity index (χ3n) is 3.56. The topological polar surface area (TPSA) is 108 Å². The lowest BCUT2D eigenvalue weighted by molar-refractivity contribution is -0.389. The van der Waals surface area contributed by atoms with Gasteiger partial charge in [0.25, 0.3) is 0 Å². The normalized spacial score (nSPS) is 10.7. The van der Waals surface area contributed by atoms with Crippen molar-refractivity contribution in [2.24, 2.45) is 0 Å². The van der Waals surface area contributed by atoms with Crippen LogP contribution in [0.3, 0.4) is 0 Å². The number of nitrogens with one attached hydrogen (secondary N) is 1. The molecule has 9 nitrogen and oxygen atoms in total. The second kappa shape index (κ2) is 7.55. The van der Waals surface area contributed by atoms with Crippen LogP contribution in [0.25, 0.3) is 0 Å². The minimum atomic E-state index is -0.591. The van der Waals surface area contributed by atoms with E-state index in [0.717, 1.165) is 5.56 Å². The number of hydrogen-bond donors (Lipinski definition) is 1. The first-order valence-electron chi connectivity index (χ1n) is 7.74. The van der Waals surface area contributed by atoms with Crippen molar-refractivity contribution in [2.75, 3.05) is 5.32 Å². The van der Waals surface area contributed by atoms with E-state index in [-0.39, 0.29) is 30.5 Å². The summed E-state index contributed by atoms with van der Waals surface area (Å²) in [6, 6.07) is 7.36. The monoisotopic (exact) mass is 358 g/mol. The summed E-state index contributed by atoms with van der Waals surface area (Å²) in [6.07, 6.45) is 4.74. The highest BCUT2D eigenvalue weighted by Crippen LogP contribution is 2.10. The predicted molar refractivity (Wildman–Crippen MR) is 89.9 cm³/mol. The van der Waals surface area contributed by atoms with E-state index in [9.17, 15) is 19.3 Å². The second-order valence-corrected chi connectivity index (χ2v) is 5.55. The summed E-state index contributed by atoms with van der Waals surface area (Å²) in [5, 5.41) is 21.1. The van der Waals surface area contributed by atoms with Crippen LogP contribution in [0, 0.1) is 15.9 Å². The first-order chi connectivity index (χ1) is 12.5. The van der Waals surface area contributed by atoms with Gasteiger partial charge in [0.2, 0.25) is 5.91 Å². The number of carbonyl (C=O) groups excluding carboxylic acids is 1. The maximum atomic E-state index is 12.9. The lowest BCUT2D eigenvalue weighted by Crippen LogP contribution is -2.14. The first-order valence-corrected chi connectivity index (χ1v) is 7.74. The highest BCUT2D eigenvalue weighted by atomic mass is 19.1. The Hall–Kier alpha value is -3.56. The zero-order chi connectivity index (χ0) is 18.5. The van der Waals surface area contributed by atoms with Crippen LogP contribution < -0.4 is 5.32 Å². The van der Waals surface area contributed by atoms with Crippen molar-refractivity contribution in [3.63, 3.8) is 0 Å². The standard InChI is InChI=1S/C16H15FN6O3/c17-13-3-1-12(2-4-13)10-22-11-14(9-18-22)19-16(24)6-8-21-7-5-15(20-21)23(25)26/h1-5,7,9,11H,6,8,10H2,(H,19,24). The smallest absolute Gasteiger partial charge is 0.358 e. The van der Waals surface area contributed by atoms with E-state index >= 15 is 0 Å². The summed E-state index contributed by atoms with van der Waals surface area (Å²) >= 11 is 0. The molecular formula is C16H15FN6O3. The molecule has 3 rings (SSSR count). The maximum Gasteiger partial charge on any atom is 0.389 e. The number of hydrogen-bond acceptors (Lipinski definition) is 5. The molecule has 0 saturated carbocycles. The Kier molecular flexibility index (Phi) is 5.02. The highest BCUT2D eigenvalue weighted by Gasteiger charge is 2.12. The molecule has 0 spiro atoms. The van der Waals surface area contributed by atoms with Crippen molar-refractivity contribution in [3.05, 3.63) is 70.4 Å². The minimum Gasteiger partial charge on any atom is -0.358 e. The summed E-state index contributed by atoms with van der Waals surface area (Å²) in [6.45, 7) is 0.677. The molecule has 1 aromatic carbocycles. The fourth-order valence-corrected chi connectivity index (χ4v) is 2.30. The van der Waals surface area contributed by atoms with E-state index in [4.69, 9.17) is 0 Å². The van der Waals surface area contributed by atoms with Crippen LogP contribution in [0.1, 0.15) is 12.0 Å². The number of nitrogens with zero attached hydrogens (tertiary/aromatic N) is 5. The van der Waals surface area contributed by atoms with Gasteiger partial charge in [0.05, 0.1) is 42.3 Å². The molecule has 134 valence electrons. The molecular weight excluding hydrogens is 343 g/mol. The van der Waals surface area contributed by atoms with E-state index in [0.29, 0.717) is 12.2 Å². The van der Waals surface area contributed by atoms with Crippen molar-refractivity contribution in [1.82, 2.24) is 19.6 Å². The quantitative estimate of drug-likeness (QED) is 0.514. The molecule has 2 aromatic heterocycles. The van der Waals surface area contributed by atoms with Crippen LogP contribution in [0.15, 0.2) is 48.9 Å². The Morgan fingerprint density at radius 1 is 1.23 bits per heavy atom. The maximum absolute atomic E-state index is 12.9. The molecule has 26 heavy (non-hydrogen) atoms. The predicted octanol–water partition coefficient (Wildman–Crippen LogP) is 2.20. The van der Waals surface area contributed by atoms with Crippen molar-refractivity contribution in [3.8, 4) is 0 Å². The van der Waals surface area contributed by atoms with Crippen LogP contribution in [0.2, 0.25) is 0 Å². The lowest BCUT2D eigenvalue weighted by Gasteiger charge is -2.02. The van der Waals surface area contributed by atoms with Gasteiger partial charge in [0.15, 0.2) is 0 Å². The molecule has 0 radical (unpaired) electrons. The lowest BCUT2D eigenvalue weighted by atomic mass is 10.2. The Balaban J connectivity index is 1.50. The van der Waals surface area contributed by atoms with Gasteiger partial charge < -0.3 is 15.4 Å². The summed E-state index contributed by atoms with van der Waals surface area (Å²) in [4.78, 5) is 21.9. The van der Waals surface area contributed by atoms with Gasteiger partial charge in [-0.15, -0.1) is 0 Å². The molecule has 0 atom stereocenters. The minimum absolute atomic E-state index is 0.113. The molecule has 0 saturated heterocycles. The van der Waals surface area contributed by atoms with Crippen molar-refractivity contribution < 1.29 is 14.1 Å². The number of aryl methyl sites for hydroxylation is 1. The zero-order valence-corrected chi connectivity index (χ0v) is 13.6. The molecule has 1 amide bonds. The Labute approximate surface area is 147 Å². The number of nitro groups is 1. The van der Waals surface area contributed by atoms with Gasteiger partial charge in [-0.3, -0.25) is 9.48 Å². The van der Waals surface area contributed by atoms with E-state index in [1.165, 1.54) is 35.3 Å². The van der Waals surface area contributed by atoms with Crippen molar-refractivity contribution in [1.29, 1.82) is 0 Å². The van der Waals surface area contributed by atoms with Gasteiger partial charge in [0.1, 0.15) is 5.82 Å². The van der Waals surface area contributed by atoms with Gasteiger partial charge in [-0.05, 0) is 22.6 Å². The van der Waals surface area contributed by atoms with E-state index in [1.54, 1.807) is 23.0 Å². The Morgan fingerprint density at radius 3 is 2.69 bits per heavy atom. The zero-order valence-electron chi connectivity index (χ0n) is 13.6. The van der Waals surface area contributed by atoms with Crippen LogP contribution in [-0.2, 0) is 17.9 Å². The van der Waals surface area contributed by atoms with Gasteiger partial charge in [0, 0.05) is 12.6 Å². The van der Waals surface area contributed by atoms with Crippen LogP contribution in [0.4, 0.5) is 15.9 Å². The fraction of sp³-hybridized carbons (Fsp3) is 0.188. The third-order valence-corrected chi connectivity index (χ3v) is 3.56. The van der Waals surface area contributed by atoms with Gasteiger partial charge in [-0.1, -0.05) is 12.1 Å². The third kappa shape index (κ3) is 4.50. The number of aromatic nitrogens is 4. The summed E-state index contributed by atoms with van der Waals surface area (Å²) in [7, 11) is 0. The first kappa shape index (κ1) is 17.3. The molecule has 2 heterocycles. The highest BCUT2D eigenvalue weighted by molar-refractivity contribution is 5.90. The van der Waals surface area contributed by atoms with E-state index < -0.39 is 4.92 Å². The molecule has 0 fully saturated rings. The molecule has 0 bridgehead atoms. The fourth-order valence-electron chi connectivity index (χ4n) is 2.30. The number of amides is 1. The molecule has 0 aliphatic carbocycles. The van der Waals surface area contributed by atoms with Crippen molar-refractivity contribution >= 4 is 17.4 Å². The summed E-state index contributed by atoms with van der Waals surface area (Å²) in [5.41, 5.74) is 1.41. The van der Waals surface area contributed by atoms with Gasteiger partial charge >= 0.3 is 5.82 Å². The summed E-state index contributed by atoms with van der Waals surface area (Å²) in [5.74, 6) is -0.818. The Morgan fingerprint density at radius 2 is 2.00 bits per heavy atom. The molecule has 0 aliphatic heterocycles.